The summed E-state index contributed by atoms with van der Waals surface area (Å²) in [6, 6.07) is 11.1. The van der Waals surface area contributed by atoms with E-state index in [1.165, 1.54) is 0 Å². The summed E-state index contributed by atoms with van der Waals surface area (Å²) in [5.74, 6) is -0.627. The summed E-state index contributed by atoms with van der Waals surface area (Å²) in [6.45, 7) is 2.91. The molecule has 0 spiro atoms. The lowest BCUT2D eigenvalue weighted by molar-refractivity contribution is -0.141. The van der Waals surface area contributed by atoms with Gasteiger partial charge in [-0.3, -0.25) is 4.79 Å². The number of aryl methyl sites for hydroxylation is 1. The van der Waals surface area contributed by atoms with E-state index in [1.54, 1.807) is 12.1 Å². The number of hydrogen-bond acceptors (Lipinski definition) is 4. The lowest BCUT2D eigenvalue weighted by Crippen LogP contribution is -2.24. The lowest BCUT2D eigenvalue weighted by Gasteiger charge is -2.16. The fourth-order valence-electron chi connectivity index (χ4n) is 2.85. The molecular weight excluding hydrogens is 302 g/mol. The standard InChI is InChI=1S/C16H16ClN3O2/c1-10-2-7-15(19-18-10)20-8-13(14(9-20)16(21)22)11-3-5-12(17)6-4-11/h2-7,13-14H,8-9H2,1H3,(H,21,22)/t13-,14+/m0/s1. The van der Waals surface area contributed by atoms with Crippen LogP contribution >= 0.6 is 11.6 Å². The van der Waals surface area contributed by atoms with Crippen LogP contribution in [0.4, 0.5) is 5.82 Å². The minimum Gasteiger partial charge on any atom is -0.481 e. The van der Waals surface area contributed by atoms with Crippen LogP contribution in [-0.4, -0.2) is 34.4 Å². The van der Waals surface area contributed by atoms with Gasteiger partial charge in [-0.15, -0.1) is 5.10 Å². The zero-order chi connectivity index (χ0) is 15.7. The number of anilines is 1. The van der Waals surface area contributed by atoms with E-state index in [4.69, 9.17) is 11.6 Å². The van der Waals surface area contributed by atoms with Gasteiger partial charge in [0.25, 0.3) is 0 Å². The van der Waals surface area contributed by atoms with Crippen LogP contribution in [0.1, 0.15) is 17.2 Å². The third-order valence-electron chi connectivity index (χ3n) is 4.04. The molecular formula is C16H16ClN3O2. The molecule has 22 heavy (non-hydrogen) atoms. The van der Waals surface area contributed by atoms with E-state index in [9.17, 15) is 9.90 Å². The molecule has 5 nitrogen and oxygen atoms in total. The van der Waals surface area contributed by atoms with Crippen LogP contribution in [0.3, 0.4) is 0 Å². The smallest absolute Gasteiger partial charge is 0.308 e. The van der Waals surface area contributed by atoms with Crippen LogP contribution in [0.5, 0.6) is 0 Å². The number of hydrogen-bond donors (Lipinski definition) is 1. The maximum atomic E-state index is 11.6. The lowest BCUT2D eigenvalue weighted by atomic mass is 9.89. The van der Waals surface area contributed by atoms with Crippen molar-refractivity contribution in [2.45, 2.75) is 12.8 Å². The minimum absolute atomic E-state index is 0.0853. The van der Waals surface area contributed by atoms with Gasteiger partial charge in [-0.1, -0.05) is 23.7 Å². The van der Waals surface area contributed by atoms with Crippen LogP contribution < -0.4 is 4.90 Å². The van der Waals surface area contributed by atoms with Crippen LogP contribution in [-0.2, 0) is 4.79 Å². The number of rotatable bonds is 3. The van der Waals surface area contributed by atoms with Crippen LogP contribution in [0.15, 0.2) is 36.4 Å². The second-order valence-corrected chi connectivity index (χ2v) is 5.98. The Balaban J connectivity index is 1.87. The molecule has 2 atom stereocenters. The van der Waals surface area contributed by atoms with Gasteiger partial charge in [0.15, 0.2) is 5.82 Å². The average molecular weight is 318 g/mol. The van der Waals surface area contributed by atoms with Gasteiger partial charge in [-0.25, -0.2) is 0 Å². The van der Waals surface area contributed by atoms with E-state index in [0.717, 1.165) is 11.3 Å². The molecule has 1 saturated heterocycles. The Kier molecular flexibility index (Phi) is 3.98. The molecule has 1 aliphatic heterocycles. The Bertz CT molecular complexity index is 673. The molecule has 0 unspecified atom stereocenters. The Morgan fingerprint density at radius 2 is 1.91 bits per heavy atom. The molecule has 2 aromatic rings. The zero-order valence-electron chi connectivity index (χ0n) is 12.1. The summed E-state index contributed by atoms with van der Waals surface area (Å²) in [5.41, 5.74) is 1.83. The molecule has 1 N–H and O–H groups in total. The molecule has 0 bridgehead atoms. The van der Waals surface area contributed by atoms with Crippen LogP contribution in [0.2, 0.25) is 5.02 Å². The highest BCUT2D eigenvalue weighted by molar-refractivity contribution is 6.30. The number of aromatic nitrogens is 2. The third kappa shape index (κ3) is 2.90. The number of aliphatic carboxylic acids is 1. The average Bonchev–Trinajstić information content (AvgIpc) is 2.94. The Labute approximate surface area is 133 Å². The van der Waals surface area contributed by atoms with Crippen molar-refractivity contribution in [1.82, 2.24) is 10.2 Å². The molecule has 2 heterocycles. The predicted molar refractivity (Wildman–Crippen MR) is 84.3 cm³/mol. The summed E-state index contributed by atoms with van der Waals surface area (Å²) < 4.78 is 0. The first-order chi connectivity index (χ1) is 10.5. The van der Waals surface area contributed by atoms with Crippen molar-refractivity contribution < 1.29 is 9.90 Å². The second-order valence-electron chi connectivity index (χ2n) is 5.54. The molecule has 6 heteroatoms. The monoisotopic (exact) mass is 317 g/mol. The maximum Gasteiger partial charge on any atom is 0.308 e. The molecule has 3 rings (SSSR count). The topological polar surface area (TPSA) is 66.3 Å². The van der Waals surface area contributed by atoms with Crippen molar-refractivity contribution in [2.75, 3.05) is 18.0 Å². The summed E-state index contributed by atoms with van der Waals surface area (Å²) in [6.07, 6.45) is 0. The van der Waals surface area contributed by atoms with E-state index in [2.05, 4.69) is 10.2 Å². The molecule has 0 amide bonds. The summed E-state index contributed by atoms with van der Waals surface area (Å²) in [4.78, 5) is 13.6. The van der Waals surface area contributed by atoms with E-state index in [-0.39, 0.29) is 5.92 Å². The molecule has 1 fully saturated rings. The first-order valence-electron chi connectivity index (χ1n) is 7.08. The van der Waals surface area contributed by atoms with Crippen LogP contribution in [0.25, 0.3) is 0 Å². The van der Waals surface area contributed by atoms with Crippen molar-refractivity contribution in [3.8, 4) is 0 Å². The number of carbonyl (C=O) groups is 1. The largest absolute Gasteiger partial charge is 0.481 e. The number of halogens is 1. The maximum absolute atomic E-state index is 11.6. The van der Waals surface area contributed by atoms with E-state index >= 15 is 0 Å². The molecule has 1 aromatic heterocycles. The quantitative estimate of drug-likeness (QED) is 0.943. The first-order valence-corrected chi connectivity index (χ1v) is 7.46. The third-order valence-corrected chi connectivity index (χ3v) is 4.29. The molecule has 1 aromatic carbocycles. The van der Waals surface area contributed by atoms with E-state index in [1.807, 2.05) is 36.1 Å². The highest BCUT2D eigenvalue weighted by Gasteiger charge is 2.39. The van der Waals surface area contributed by atoms with Gasteiger partial charge >= 0.3 is 5.97 Å². The minimum atomic E-state index is -0.789. The van der Waals surface area contributed by atoms with E-state index < -0.39 is 11.9 Å². The Hall–Kier alpha value is -2.14. The van der Waals surface area contributed by atoms with Crippen molar-refractivity contribution >= 4 is 23.4 Å². The molecule has 0 radical (unpaired) electrons. The van der Waals surface area contributed by atoms with Gasteiger partial charge in [0.05, 0.1) is 11.6 Å². The first kappa shape index (κ1) is 14.8. The zero-order valence-corrected chi connectivity index (χ0v) is 12.9. The van der Waals surface area contributed by atoms with E-state index in [0.29, 0.717) is 23.9 Å². The number of nitrogens with zero attached hydrogens (tertiary/aromatic N) is 3. The number of carboxylic acid groups (broad SMARTS) is 1. The second kappa shape index (κ2) is 5.93. The molecule has 1 aliphatic rings. The number of carboxylic acids is 1. The van der Waals surface area contributed by atoms with Crippen molar-refractivity contribution in [3.63, 3.8) is 0 Å². The van der Waals surface area contributed by atoms with Crippen molar-refractivity contribution in [1.29, 1.82) is 0 Å². The summed E-state index contributed by atoms with van der Waals surface area (Å²) in [7, 11) is 0. The SMILES string of the molecule is Cc1ccc(N2C[C@@H](C(=O)O)[C@H](c3ccc(Cl)cc3)C2)nn1. The number of benzene rings is 1. The highest BCUT2D eigenvalue weighted by atomic mass is 35.5. The molecule has 0 saturated carbocycles. The fraction of sp³-hybridized carbons (Fsp3) is 0.312. The molecule has 114 valence electrons. The molecule has 0 aliphatic carbocycles. The predicted octanol–water partition coefficient (Wildman–Crippen LogP) is 2.74. The Morgan fingerprint density at radius 1 is 1.18 bits per heavy atom. The van der Waals surface area contributed by atoms with Gasteiger partial charge in [-0.2, -0.15) is 5.10 Å². The van der Waals surface area contributed by atoms with Gasteiger partial charge in [0, 0.05) is 24.0 Å². The van der Waals surface area contributed by atoms with Gasteiger partial charge < -0.3 is 10.0 Å². The van der Waals surface area contributed by atoms with Gasteiger partial charge in [-0.05, 0) is 36.8 Å². The van der Waals surface area contributed by atoms with Crippen LogP contribution in [0, 0.1) is 12.8 Å². The fourth-order valence-corrected chi connectivity index (χ4v) is 2.98. The van der Waals surface area contributed by atoms with Gasteiger partial charge in [0.2, 0.25) is 0 Å². The van der Waals surface area contributed by atoms with Crippen molar-refractivity contribution in [3.05, 3.63) is 52.7 Å². The normalized spacial score (nSPS) is 21.1. The summed E-state index contributed by atoms with van der Waals surface area (Å²) in [5, 5.41) is 18.4. The van der Waals surface area contributed by atoms with Crippen molar-refractivity contribution in [2.24, 2.45) is 5.92 Å². The highest BCUT2D eigenvalue weighted by Crippen LogP contribution is 2.35. The Morgan fingerprint density at radius 3 is 2.50 bits per heavy atom. The summed E-state index contributed by atoms with van der Waals surface area (Å²) >= 11 is 5.91. The van der Waals surface area contributed by atoms with Gasteiger partial charge in [0.1, 0.15) is 0 Å².